The smallest absolute Gasteiger partial charge is 0.328 e. The monoisotopic (exact) mass is 291 g/mol. The normalized spacial score (nSPS) is 15.5. The van der Waals surface area contributed by atoms with Crippen LogP contribution in [0.2, 0.25) is 0 Å². The third-order valence-electron chi connectivity index (χ3n) is 3.68. The van der Waals surface area contributed by atoms with Crippen LogP contribution in [-0.2, 0) is 4.79 Å². The van der Waals surface area contributed by atoms with Gasteiger partial charge in [0.15, 0.2) is 0 Å². The fraction of sp³-hybridized carbons (Fsp3) is 0.375. The number of hydrogen-bond acceptors (Lipinski definition) is 2. The van der Waals surface area contributed by atoms with Crippen molar-refractivity contribution in [3.8, 4) is 0 Å². The van der Waals surface area contributed by atoms with Crippen LogP contribution >= 0.6 is 0 Å². The molecular formula is C16H18FNO3. The minimum atomic E-state index is -1.10. The summed E-state index contributed by atoms with van der Waals surface area (Å²) in [5.74, 6) is -1.68. The molecule has 0 atom stereocenters. The Hall–Kier alpha value is -2.17. The summed E-state index contributed by atoms with van der Waals surface area (Å²) >= 11 is 0. The number of aliphatic carboxylic acids is 1. The highest BCUT2D eigenvalue weighted by Gasteiger charge is 2.17. The first kappa shape index (κ1) is 15.2. The van der Waals surface area contributed by atoms with Gasteiger partial charge in [-0.05, 0) is 42.5 Å². The standard InChI is InChI=1S/C16H18FNO3/c17-14-9-11(6-8-15(19)20)5-7-13(14)16(21)18-10-12-3-1-2-4-12/h5-9,12H,1-4,10H2,(H,18,21)(H,19,20). The summed E-state index contributed by atoms with van der Waals surface area (Å²) in [5, 5.41) is 11.3. The van der Waals surface area contributed by atoms with Crippen LogP contribution in [0.25, 0.3) is 6.08 Å². The van der Waals surface area contributed by atoms with Crippen molar-refractivity contribution in [3.05, 3.63) is 41.2 Å². The van der Waals surface area contributed by atoms with Gasteiger partial charge in [0, 0.05) is 12.6 Å². The lowest BCUT2D eigenvalue weighted by Crippen LogP contribution is -2.29. The summed E-state index contributed by atoms with van der Waals surface area (Å²) in [6, 6.07) is 4.05. The number of nitrogens with one attached hydrogen (secondary N) is 1. The number of carbonyl (C=O) groups excluding carboxylic acids is 1. The average molecular weight is 291 g/mol. The van der Waals surface area contributed by atoms with Crippen LogP contribution in [0.3, 0.4) is 0 Å². The van der Waals surface area contributed by atoms with Gasteiger partial charge >= 0.3 is 5.97 Å². The Morgan fingerprint density at radius 2 is 2.05 bits per heavy atom. The second kappa shape index (κ2) is 7.02. The number of carbonyl (C=O) groups is 2. The maximum atomic E-state index is 13.9. The first-order valence-electron chi connectivity index (χ1n) is 7.05. The topological polar surface area (TPSA) is 66.4 Å². The Morgan fingerprint density at radius 1 is 1.33 bits per heavy atom. The number of hydrogen-bond donors (Lipinski definition) is 2. The second-order valence-corrected chi connectivity index (χ2v) is 5.27. The summed E-state index contributed by atoms with van der Waals surface area (Å²) in [7, 11) is 0. The van der Waals surface area contributed by atoms with Crippen LogP contribution < -0.4 is 5.32 Å². The molecule has 1 fully saturated rings. The third kappa shape index (κ3) is 4.41. The molecule has 1 saturated carbocycles. The predicted octanol–water partition coefficient (Wildman–Crippen LogP) is 2.84. The van der Waals surface area contributed by atoms with Crippen molar-refractivity contribution >= 4 is 18.0 Å². The molecule has 1 amide bonds. The Morgan fingerprint density at radius 3 is 2.67 bits per heavy atom. The zero-order chi connectivity index (χ0) is 15.2. The Kier molecular flexibility index (Phi) is 5.09. The van der Waals surface area contributed by atoms with E-state index in [0.717, 1.165) is 25.0 Å². The van der Waals surface area contributed by atoms with Gasteiger partial charge in [0.2, 0.25) is 0 Å². The van der Waals surface area contributed by atoms with E-state index in [1.165, 1.54) is 31.1 Å². The fourth-order valence-electron chi connectivity index (χ4n) is 2.53. The Bertz CT molecular complexity index is 563. The van der Waals surface area contributed by atoms with Crippen molar-refractivity contribution in [1.82, 2.24) is 5.32 Å². The minimum Gasteiger partial charge on any atom is -0.478 e. The summed E-state index contributed by atoms with van der Waals surface area (Å²) in [4.78, 5) is 22.3. The van der Waals surface area contributed by atoms with Crippen molar-refractivity contribution in [2.75, 3.05) is 6.54 Å². The molecule has 0 aliphatic heterocycles. The Labute approximate surface area is 122 Å². The largest absolute Gasteiger partial charge is 0.478 e. The lowest BCUT2D eigenvalue weighted by atomic mass is 10.1. The first-order valence-corrected chi connectivity index (χ1v) is 7.05. The number of rotatable bonds is 5. The van der Waals surface area contributed by atoms with Gasteiger partial charge in [0.25, 0.3) is 5.91 Å². The van der Waals surface area contributed by atoms with Crippen LogP contribution in [0.15, 0.2) is 24.3 Å². The molecule has 0 saturated heterocycles. The highest BCUT2D eigenvalue weighted by Crippen LogP contribution is 2.23. The van der Waals surface area contributed by atoms with E-state index in [2.05, 4.69) is 5.32 Å². The molecule has 0 heterocycles. The van der Waals surface area contributed by atoms with Crippen molar-refractivity contribution < 1.29 is 19.1 Å². The molecule has 21 heavy (non-hydrogen) atoms. The van der Waals surface area contributed by atoms with Gasteiger partial charge in [0.05, 0.1) is 5.56 Å². The molecular weight excluding hydrogens is 273 g/mol. The fourth-order valence-corrected chi connectivity index (χ4v) is 2.53. The van der Waals surface area contributed by atoms with E-state index >= 15 is 0 Å². The second-order valence-electron chi connectivity index (χ2n) is 5.27. The molecule has 0 spiro atoms. The molecule has 1 aromatic rings. The zero-order valence-corrected chi connectivity index (χ0v) is 11.6. The number of carboxylic acids is 1. The number of amides is 1. The van der Waals surface area contributed by atoms with Crippen molar-refractivity contribution in [1.29, 1.82) is 0 Å². The van der Waals surface area contributed by atoms with E-state index in [4.69, 9.17) is 5.11 Å². The van der Waals surface area contributed by atoms with Gasteiger partial charge in [-0.1, -0.05) is 18.9 Å². The van der Waals surface area contributed by atoms with E-state index in [1.807, 2.05) is 0 Å². The van der Waals surface area contributed by atoms with Gasteiger partial charge < -0.3 is 10.4 Å². The number of halogens is 1. The molecule has 0 unspecified atom stereocenters. The minimum absolute atomic E-state index is 0.0135. The van der Waals surface area contributed by atoms with E-state index in [-0.39, 0.29) is 5.56 Å². The predicted molar refractivity (Wildman–Crippen MR) is 77.4 cm³/mol. The molecule has 1 aliphatic carbocycles. The van der Waals surface area contributed by atoms with E-state index in [1.54, 1.807) is 0 Å². The molecule has 1 aromatic carbocycles. The van der Waals surface area contributed by atoms with Gasteiger partial charge in [-0.25, -0.2) is 9.18 Å². The molecule has 0 bridgehead atoms. The molecule has 0 radical (unpaired) electrons. The average Bonchev–Trinajstić information content (AvgIpc) is 2.96. The first-order chi connectivity index (χ1) is 10.1. The van der Waals surface area contributed by atoms with Gasteiger partial charge in [-0.15, -0.1) is 0 Å². The highest BCUT2D eigenvalue weighted by molar-refractivity contribution is 5.94. The highest BCUT2D eigenvalue weighted by atomic mass is 19.1. The quantitative estimate of drug-likeness (QED) is 0.820. The number of carboxylic acid groups (broad SMARTS) is 1. The summed E-state index contributed by atoms with van der Waals surface area (Å²) in [6.45, 7) is 0.582. The van der Waals surface area contributed by atoms with Crippen LogP contribution in [0, 0.1) is 11.7 Å². The molecule has 2 N–H and O–H groups in total. The van der Waals surface area contributed by atoms with E-state index < -0.39 is 17.7 Å². The number of benzene rings is 1. The molecule has 2 rings (SSSR count). The SMILES string of the molecule is O=C(O)C=Cc1ccc(C(=O)NCC2CCCC2)c(F)c1. The van der Waals surface area contributed by atoms with Crippen molar-refractivity contribution in [2.45, 2.75) is 25.7 Å². The van der Waals surface area contributed by atoms with E-state index in [0.29, 0.717) is 18.0 Å². The maximum absolute atomic E-state index is 13.9. The van der Waals surface area contributed by atoms with Crippen LogP contribution in [0.1, 0.15) is 41.6 Å². The molecule has 112 valence electrons. The lowest BCUT2D eigenvalue weighted by molar-refractivity contribution is -0.131. The van der Waals surface area contributed by atoms with E-state index in [9.17, 15) is 14.0 Å². The maximum Gasteiger partial charge on any atom is 0.328 e. The van der Waals surface area contributed by atoms with Gasteiger partial charge in [-0.3, -0.25) is 4.79 Å². The van der Waals surface area contributed by atoms with Gasteiger partial charge in [-0.2, -0.15) is 0 Å². The van der Waals surface area contributed by atoms with Crippen LogP contribution in [0.4, 0.5) is 4.39 Å². The summed E-state index contributed by atoms with van der Waals surface area (Å²) in [6.07, 6.45) is 6.82. The third-order valence-corrected chi connectivity index (χ3v) is 3.68. The van der Waals surface area contributed by atoms with Crippen molar-refractivity contribution in [2.24, 2.45) is 5.92 Å². The summed E-state index contributed by atoms with van der Waals surface area (Å²) in [5.41, 5.74) is 0.391. The molecule has 1 aliphatic rings. The van der Waals surface area contributed by atoms with Crippen molar-refractivity contribution in [3.63, 3.8) is 0 Å². The lowest BCUT2D eigenvalue weighted by Gasteiger charge is -2.11. The van der Waals surface area contributed by atoms with Gasteiger partial charge in [0.1, 0.15) is 5.82 Å². The van der Waals surface area contributed by atoms with Crippen LogP contribution in [-0.4, -0.2) is 23.5 Å². The molecule has 4 nitrogen and oxygen atoms in total. The Balaban J connectivity index is 1.98. The van der Waals surface area contributed by atoms with Crippen LogP contribution in [0.5, 0.6) is 0 Å². The molecule has 0 aromatic heterocycles. The molecule has 5 heteroatoms. The zero-order valence-electron chi connectivity index (χ0n) is 11.6. The summed E-state index contributed by atoms with van der Waals surface area (Å²) < 4.78 is 13.9.